The predicted octanol–water partition coefficient (Wildman–Crippen LogP) is 5.04. The van der Waals surface area contributed by atoms with Crippen LogP contribution in [0.15, 0.2) is 42.5 Å². The van der Waals surface area contributed by atoms with E-state index in [1.54, 1.807) is 6.07 Å². The molecule has 0 atom stereocenters. The average Bonchev–Trinajstić information content (AvgIpc) is 3.23. The molecule has 4 heteroatoms. The first-order valence-corrected chi connectivity index (χ1v) is 7.41. The lowest BCUT2D eigenvalue weighted by molar-refractivity contribution is 0.482. The third-order valence-corrected chi connectivity index (χ3v) is 3.72. The molecule has 2 aromatic rings. The average molecular weight is 308 g/mol. The molecule has 2 aromatic carbocycles. The van der Waals surface area contributed by atoms with Crippen LogP contribution in [-0.2, 0) is 6.54 Å². The number of nitrogens with one attached hydrogen (secondary N) is 1. The summed E-state index contributed by atoms with van der Waals surface area (Å²) >= 11 is 12.2. The van der Waals surface area contributed by atoms with Crippen molar-refractivity contribution >= 4 is 23.2 Å². The van der Waals surface area contributed by atoms with Crippen molar-refractivity contribution in [3.05, 3.63) is 58.1 Å². The normalized spacial score (nSPS) is 14.3. The Morgan fingerprint density at radius 3 is 2.65 bits per heavy atom. The molecule has 0 saturated heterocycles. The van der Waals surface area contributed by atoms with Crippen LogP contribution in [0.1, 0.15) is 18.4 Å². The van der Waals surface area contributed by atoms with Crippen LogP contribution in [0, 0.1) is 0 Å². The van der Waals surface area contributed by atoms with Gasteiger partial charge in [0.2, 0.25) is 0 Å². The van der Waals surface area contributed by atoms with Gasteiger partial charge in [0.25, 0.3) is 0 Å². The predicted molar refractivity (Wildman–Crippen MR) is 82.8 cm³/mol. The summed E-state index contributed by atoms with van der Waals surface area (Å²) in [6.07, 6.45) is 2.56. The van der Waals surface area contributed by atoms with Gasteiger partial charge in [0.05, 0.1) is 5.02 Å². The Hall–Kier alpha value is -1.22. The van der Waals surface area contributed by atoms with Gasteiger partial charge in [0, 0.05) is 17.6 Å². The zero-order valence-electron chi connectivity index (χ0n) is 10.9. The minimum absolute atomic E-state index is 0.611. The van der Waals surface area contributed by atoms with Gasteiger partial charge < -0.3 is 10.1 Å². The van der Waals surface area contributed by atoms with Crippen molar-refractivity contribution in [2.45, 2.75) is 25.4 Å². The van der Waals surface area contributed by atoms with Gasteiger partial charge in [0.1, 0.15) is 11.5 Å². The topological polar surface area (TPSA) is 21.3 Å². The molecule has 1 aliphatic rings. The van der Waals surface area contributed by atoms with E-state index in [1.807, 2.05) is 36.4 Å². The van der Waals surface area contributed by atoms with Crippen molar-refractivity contribution in [1.82, 2.24) is 5.32 Å². The second-order valence-electron chi connectivity index (χ2n) is 4.98. The SMILES string of the molecule is Clc1cccc(Oc2ccc(CNC3CC3)cc2Cl)c1. The van der Waals surface area contributed by atoms with E-state index < -0.39 is 0 Å². The molecule has 3 rings (SSSR count). The number of hydrogen-bond acceptors (Lipinski definition) is 2. The maximum Gasteiger partial charge on any atom is 0.146 e. The molecule has 0 spiro atoms. The second kappa shape index (κ2) is 6.04. The summed E-state index contributed by atoms with van der Waals surface area (Å²) in [6.45, 7) is 0.849. The molecule has 0 radical (unpaired) electrons. The summed E-state index contributed by atoms with van der Waals surface area (Å²) < 4.78 is 5.75. The molecule has 0 aromatic heterocycles. The molecule has 1 aliphatic carbocycles. The Balaban J connectivity index is 1.69. The van der Waals surface area contributed by atoms with Gasteiger partial charge in [-0.25, -0.2) is 0 Å². The first-order chi connectivity index (χ1) is 9.70. The molecule has 0 bridgehead atoms. The molecule has 104 valence electrons. The van der Waals surface area contributed by atoms with Crippen LogP contribution in [0.3, 0.4) is 0 Å². The van der Waals surface area contributed by atoms with E-state index in [0.29, 0.717) is 27.6 Å². The van der Waals surface area contributed by atoms with Crippen molar-refractivity contribution < 1.29 is 4.74 Å². The van der Waals surface area contributed by atoms with Crippen molar-refractivity contribution in [3.8, 4) is 11.5 Å². The van der Waals surface area contributed by atoms with Crippen LogP contribution in [0.25, 0.3) is 0 Å². The van der Waals surface area contributed by atoms with E-state index in [2.05, 4.69) is 5.32 Å². The summed E-state index contributed by atoms with van der Waals surface area (Å²) in [6, 6.07) is 13.8. The van der Waals surface area contributed by atoms with E-state index in [4.69, 9.17) is 27.9 Å². The molecule has 0 heterocycles. The molecular formula is C16H15Cl2NO. The molecule has 2 nitrogen and oxygen atoms in total. The molecule has 1 saturated carbocycles. The lowest BCUT2D eigenvalue weighted by Gasteiger charge is -2.10. The minimum Gasteiger partial charge on any atom is -0.456 e. The third kappa shape index (κ3) is 3.66. The number of benzene rings is 2. The standard InChI is InChI=1S/C16H15Cl2NO/c17-12-2-1-3-14(9-12)20-16-7-4-11(8-15(16)18)10-19-13-5-6-13/h1-4,7-9,13,19H,5-6,10H2. The fourth-order valence-electron chi connectivity index (χ4n) is 1.94. The zero-order chi connectivity index (χ0) is 13.9. The van der Waals surface area contributed by atoms with Crippen molar-refractivity contribution in [3.63, 3.8) is 0 Å². The van der Waals surface area contributed by atoms with Gasteiger partial charge in [-0.2, -0.15) is 0 Å². The van der Waals surface area contributed by atoms with Gasteiger partial charge in [-0.15, -0.1) is 0 Å². The Morgan fingerprint density at radius 2 is 1.95 bits per heavy atom. The van der Waals surface area contributed by atoms with Crippen molar-refractivity contribution in [2.24, 2.45) is 0 Å². The monoisotopic (exact) mass is 307 g/mol. The lowest BCUT2D eigenvalue weighted by atomic mass is 10.2. The Morgan fingerprint density at radius 1 is 1.10 bits per heavy atom. The zero-order valence-corrected chi connectivity index (χ0v) is 12.4. The van der Waals surface area contributed by atoms with Crippen molar-refractivity contribution in [1.29, 1.82) is 0 Å². The molecule has 0 unspecified atom stereocenters. The van der Waals surface area contributed by atoms with E-state index in [0.717, 1.165) is 6.54 Å². The van der Waals surface area contributed by atoms with E-state index in [1.165, 1.54) is 18.4 Å². The molecule has 0 amide bonds. The van der Waals surface area contributed by atoms with Gasteiger partial charge in [0.15, 0.2) is 0 Å². The Bertz CT molecular complexity index is 611. The molecule has 20 heavy (non-hydrogen) atoms. The summed E-state index contributed by atoms with van der Waals surface area (Å²) in [7, 11) is 0. The summed E-state index contributed by atoms with van der Waals surface area (Å²) in [4.78, 5) is 0. The van der Waals surface area contributed by atoms with Crippen LogP contribution >= 0.6 is 23.2 Å². The molecule has 1 fully saturated rings. The van der Waals surface area contributed by atoms with Crippen LogP contribution in [0.2, 0.25) is 10.0 Å². The minimum atomic E-state index is 0.611. The van der Waals surface area contributed by atoms with Crippen LogP contribution in [0.5, 0.6) is 11.5 Å². The Labute approximate surface area is 128 Å². The quantitative estimate of drug-likeness (QED) is 0.835. The number of halogens is 2. The van der Waals surface area contributed by atoms with Crippen LogP contribution < -0.4 is 10.1 Å². The summed E-state index contributed by atoms with van der Waals surface area (Å²) in [5, 5.41) is 4.71. The largest absolute Gasteiger partial charge is 0.456 e. The van der Waals surface area contributed by atoms with E-state index in [-0.39, 0.29) is 0 Å². The molecule has 0 aliphatic heterocycles. The number of ether oxygens (including phenoxy) is 1. The summed E-state index contributed by atoms with van der Waals surface area (Å²) in [5.41, 5.74) is 1.17. The highest BCUT2D eigenvalue weighted by Crippen LogP contribution is 2.31. The molecular weight excluding hydrogens is 293 g/mol. The maximum atomic E-state index is 6.26. The van der Waals surface area contributed by atoms with Crippen molar-refractivity contribution in [2.75, 3.05) is 0 Å². The Kier molecular flexibility index (Phi) is 4.16. The van der Waals surface area contributed by atoms with Gasteiger partial charge in [-0.05, 0) is 48.7 Å². The van der Waals surface area contributed by atoms with E-state index in [9.17, 15) is 0 Å². The fourth-order valence-corrected chi connectivity index (χ4v) is 2.37. The third-order valence-electron chi connectivity index (χ3n) is 3.19. The highest BCUT2D eigenvalue weighted by atomic mass is 35.5. The molecule has 1 N–H and O–H groups in total. The van der Waals surface area contributed by atoms with Gasteiger partial charge in [-0.1, -0.05) is 35.3 Å². The number of rotatable bonds is 5. The lowest BCUT2D eigenvalue weighted by Crippen LogP contribution is -2.15. The fraction of sp³-hybridized carbons (Fsp3) is 0.250. The smallest absolute Gasteiger partial charge is 0.146 e. The van der Waals surface area contributed by atoms with Crippen LogP contribution in [0.4, 0.5) is 0 Å². The van der Waals surface area contributed by atoms with E-state index >= 15 is 0 Å². The summed E-state index contributed by atoms with van der Waals surface area (Å²) in [5.74, 6) is 1.33. The first-order valence-electron chi connectivity index (χ1n) is 6.66. The first kappa shape index (κ1) is 13.7. The highest BCUT2D eigenvalue weighted by molar-refractivity contribution is 6.32. The van der Waals surface area contributed by atoms with Crippen LogP contribution in [-0.4, -0.2) is 6.04 Å². The maximum absolute atomic E-state index is 6.26. The van der Waals surface area contributed by atoms with Gasteiger partial charge >= 0.3 is 0 Å². The van der Waals surface area contributed by atoms with Gasteiger partial charge in [-0.3, -0.25) is 0 Å². The highest BCUT2D eigenvalue weighted by Gasteiger charge is 2.20. The number of hydrogen-bond donors (Lipinski definition) is 1. The second-order valence-corrected chi connectivity index (χ2v) is 5.82.